The van der Waals surface area contributed by atoms with Gasteiger partial charge in [0.05, 0.1) is 0 Å². The summed E-state index contributed by atoms with van der Waals surface area (Å²) in [4.78, 5) is 21.5. The van der Waals surface area contributed by atoms with Crippen molar-refractivity contribution in [3.8, 4) is 0 Å². The van der Waals surface area contributed by atoms with Crippen molar-refractivity contribution >= 4 is 26.8 Å². The quantitative estimate of drug-likeness (QED) is 0.816. The summed E-state index contributed by atoms with van der Waals surface area (Å²) in [6, 6.07) is 9.31. The Morgan fingerprint density at radius 3 is 2.53 bits per heavy atom. The predicted octanol–water partition coefficient (Wildman–Crippen LogP) is 0.608. The zero-order chi connectivity index (χ0) is 11.1. The molecular formula is C10H10NO3Se. The van der Waals surface area contributed by atoms with E-state index in [1.807, 2.05) is 30.3 Å². The van der Waals surface area contributed by atoms with Crippen LogP contribution >= 0.6 is 0 Å². The molecule has 0 aromatic heterocycles. The van der Waals surface area contributed by atoms with Crippen LogP contribution < -0.4 is 5.32 Å². The SMILES string of the molecule is O=C([Se])CNC(=O)OCc1ccccc1. The molecule has 1 aromatic rings. The number of hydrogen-bond donors (Lipinski definition) is 1. The Kier molecular flexibility index (Phi) is 4.87. The van der Waals surface area contributed by atoms with Gasteiger partial charge < -0.3 is 0 Å². The minimum absolute atomic E-state index is 0.0480. The first-order chi connectivity index (χ1) is 7.18. The molecule has 0 spiro atoms. The molecule has 0 aliphatic carbocycles. The number of rotatable bonds is 4. The third-order valence-corrected chi connectivity index (χ3v) is 1.89. The van der Waals surface area contributed by atoms with E-state index in [9.17, 15) is 9.59 Å². The van der Waals surface area contributed by atoms with E-state index in [0.717, 1.165) is 5.56 Å². The standard InChI is InChI=1S/C10H10NO3Se/c12-9(15)6-11-10(13)14-7-8-4-2-1-3-5-8/h1-5H,6-7H2,(H,11,13). The van der Waals surface area contributed by atoms with Crippen LogP contribution in [-0.4, -0.2) is 33.3 Å². The average Bonchev–Trinajstić information content (AvgIpc) is 2.25. The number of amides is 1. The summed E-state index contributed by atoms with van der Waals surface area (Å²) in [5.74, 6) is 0. The second-order valence-corrected chi connectivity index (χ2v) is 3.74. The zero-order valence-electron chi connectivity index (χ0n) is 7.93. The summed E-state index contributed by atoms with van der Waals surface area (Å²) in [6.45, 7) is 0.155. The van der Waals surface area contributed by atoms with Crippen molar-refractivity contribution in [3.05, 3.63) is 35.9 Å². The van der Waals surface area contributed by atoms with Crippen LogP contribution in [0.2, 0.25) is 0 Å². The van der Waals surface area contributed by atoms with Gasteiger partial charge in [0, 0.05) is 0 Å². The second kappa shape index (κ2) is 6.22. The monoisotopic (exact) mass is 272 g/mol. The molecule has 0 aliphatic rings. The molecule has 0 fully saturated rings. The Labute approximate surface area is 95.8 Å². The first kappa shape index (κ1) is 11.8. The van der Waals surface area contributed by atoms with Crippen LogP contribution in [0, 0.1) is 0 Å². The van der Waals surface area contributed by atoms with Crippen LogP contribution in [0.15, 0.2) is 30.3 Å². The van der Waals surface area contributed by atoms with Crippen molar-refractivity contribution in [2.75, 3.05) is 6.54 Å². The molecule has 0 aliphatic heterocycles. The number of alkyl carbamates (subject to hydrolysis) is 1. The third-order valence-electron chi connectivity index (χ3n) is 1.59. The molecule has 1 amide bonds. The topological polar surface area (TPSA) is 55.4 Å². The van der Waals surface area contributed by atoms with Gasteiger partial charge in [-0.1, -0.05) is 0 Å². The fraction of sp³-hybridized carbons (Fsp3) is 0.200. The van der Waals surface area contributed by atoms with Gasteiger partial charge in [-0.05, 0) is 0 Å². The van der Waals surface area contributed by atoms with E-state index in [1.165, 1.54) is 0 Å². The Morgan fingerprint density at radius 1 is 1.27 bits per heavy atom. The van der Waals surface area contributed by atoms with Crippen molar-refractivity contribution in [1.29, 1.82) is 0 Å². The number of carbonyl (C=O) groups excluding carboxylic acids is 2. The van der Waals surface area contributed by atoms with Crippen LogP contribution in [0.4, 0.5) is 4.79 Å². The maximum absolute atomic E-state index is 11.0. The molecule has 0 saturated carbocycles. The van der Waals surface area contributed by atoms with Crippen molar-refractivity contribution < 1.29 is 14.3 Å². The molecular weight excluding hydrogens is 261 g/mol. The Bertz CT molecular complexity index is 340. The summed E-state index contributed by atoms with van der Waals surface area (Å²) in [6.07, 6.45) is -0.595. The van der Waals surface area contributed by atoms with Crippen LogP contribution in [0.1, 0.15) is 5.56 Å². The van der Waals surface area contributed by atoms with E-state index in [2.05, 4.69) is 21.3 Å². The first-order valence-corrected chi connectivity index (χ1v) is 5.18. The number of carbonyl (C=O) groups is 2. The predicted molar refractivity (Wildman–Crippen MR) is 55.4 cm³/mol. The van der Waals surface area contributed by atoms with Gasteiger partial charge in [0.1, 0.15) is 0 Å². The molecule has 0 saturated heterocycles. The molecule has 5 heteroatoms. The first-order valence-electron chi connectivity index (χ1n) is 4.33. The van der Waals surface area contributed by atoms with Crippen LogP contribution in [0.3, 0.4) is 0 Å². The molecule has 4 nitrogen and oxygen atoms in total. The van der Waals surface area contributed by atoms with Gasteiger partial charge >= 0.3 is 95.5 Å². The van der Waals surface area contributed by atoms with Gasteiger partial charge in [0.2, 0.25) is 0 Å². The van der Waals surface area contributed by atoms with Gasteiger partial charge in [-0.2, -0.15) is 0 Å². The summed E-state index contributed by atoms with van der Waals surface area (Å²) in [5, 5.41) is 2.31. The Hall–Kier alpha value is -1.32. The van der Waals surface area contributed by atoms with Crippen LogP contribution in [-0.2, 0) is 16.1 Å². The summed E-state index contributed by atoms with van der Waals surface area (Å²) in [7, 11) is 0. The van der Waals surface area contributed by atoms with Gasteiger partial charge in [0.25, 0.3) is 0 Å². The maximum atomic E-state index is 11.0. The molecule has 1 N–H and O–H groups in total. The van der Waals surface area contributed by atoms with E-state index in [1.54, 1.807) is 0 Å². The van der Waals surface area contributed by atoms with Crippen LogP contribution in [0.25, 0.3) is 0 Å². The summed E-state index contributed by atoms with van der Waals surface area (Å²) in [5.41, 5.74) is 0.905. The molecule has 0 bridgehead atoms. The number of ether oxygens (including phenoxy) is 1. The Morgan fingerprint density at radius 2 is 1.93 bits per heavy atom. The minimum atomic E-state index is -0.595. The summed E-state index contributed by atoms with van der Waals surface area (Å²) >= 11 is 2.26. The fourth-order valence-corrected chi connectivity index (χ4v) is 1.07. The summed E-state index contributed by atoms with van der Waals surface area (Å²) < 4.78 is 4.63. The van der Waals surface area contributed by atoms with Crippen molar-refractivity contribution in [1.82, 2.24) is 5.32 Å². The molecule has 79 valence electrons. The van der Waals surface area contributed by atoms with Crippen molar-refractivity contribution in [2.24, 2.45) is 0 Å². The fourth-order valence-electron chi connectivity index (χ4n) is 0.918. The van der Waals surface area contributed by atoms with E-state index in [4.69, 9.17) is 4.74 Å². The van der Waals surface area contributed by atoms with E-state index < -0.39 is 6.09 Å². The van der Waals surface area contributed by atoms with Gasteiger partial charge in [-0.25, -0.2) is 0 Å². The van der Waals surface area contributed by atoms with Gasteiger partial charge in [0.15, 0.2) is 0 Å². The van der Waals surface area contributed by atoms with Crippen molar-refractivity contribution in [2.45, 2.75) is 6.61 Å². The number of nitrogens with one attached hydrogen (secondary N) is 1. The molecule has 15 heavy (non-hydrogen) atoms. The molecule has 1 radical (unpaired) electrons. The Balaban J connectivity index is 2.26. The molecule has 1 aromatic carbocycles. The van der Waals surface area contributed by atoms with Gasteiger partial charge in [-0.15, -0.1) is 0 Å². The molecule has 0 atom stereocenters. The van der Waals surface area contributed by atoms with E-state index in [0.29, 0.717) is 0 Å². The van der Waals surface area contributed by atoms with E-state index >= 15 is 0 Å². The number of hydrogen-bond acceptors (Lipinski definition) is 3. The average molecular weight is 271 g/mol. The van der Waals surface area contributed by atoms with Gasteiger partial charge in [-0.3, -0.25) is 0 Å². The van der Waals surface area contributed by atoms with Crippen LogP contribution in [0.5, 0.6) is 0 Å². The third kappa shape index (κ3) is 5.20. The molecule has 0 unspecified atom stereocenters. The van der Waals surface area contributed by atoms with E-state index in [-0.39, 0.29) is 17.8 Å². The second-order valence-electron chi connectivity index (χ2n) is 2.79. The molecule has 0 heterocycles. The number of benzene rings is 1. The van der Waals surface area contributed by atoms with Crippen molar-refractivity contribution in [3.63, 3.8) is 0 Å². The zero-order valence-corrected chi connectivity index (χ0v) is 9.65. The molecule has 1 rings (SSSR count). The normalized spacial score (nSPS) is 9.33.